The van der Waals surface area contributed by atoms with Crippen molar-refractivity contribution in [2.45, 2.75) is 26.3 Å². The SMILES string of the molecule is CCC(NC(=O)c1c(F)ccc(C)c1Cl)c1ccccn1. The minimum atomic E-state index is -0.626. The Morgan fingerprint density at radius 2 is 2.14 bits per heavy atom. The van der Waals surface area contributed by atoms with Crippen LogP contribution in [0.2, 0.25) is 5.02 Å². The number of aryl methyl sites for hydroxylation is 1. The summed E-state index contributed by atoms with van der Waals surface area (Å²) < 4.78 is 13.9. The zero-order valence-electron chi connectivity index (χ0n) is 11.9. The van der Waals surface area contributed by atoms with Gasteiger partial charge < -0.3 is 5.32 Å². The minimum absolute atomic E-state index is 0.119. The molecule has 5 heteroatoms. The van der Waals surface area contributed by atoms with Crippen molar-refractivity contribution >= 4 is 17.5 Å². The second kappa shape index (κ2) is 6.68. The molecule has 0 saturated carbocycles. The van der Waals surface area contributed by atoms with Crippen molar-refractivity contribution in [3.63, 3.8) is 0 Å². The van der Waals surface area contributed by atoms with Crippen molar-refractivity contribution in [3.05, 3.63) is 64.2 Å². The van der Waals surface area contributed by atoms with E-state index < -0.39 is 11.7 Å². The zero-order valence-corrected chi connectivity index (χ0v) is 12.6. The van der Waals surface area contributed by atoms with Gasteiger partial charge in [0.25, 0.3) is 5.91 Å². The number of pyridine rings is 1. The molecule has 3 nitrogen and oxygen atoms in total. The van der Waals surface area contributed by atoms with Gasteiger partial charge in [0.15, 0.2) is 0 Å². The summed E-state index contributed by atoms with van der Waals surface area (Å²) in [6.07, 6.45) is 2.30. The molecule has 1 unspecified atom stereocenters. The van der Waals surface area contributed by atoms with Crippen molar-refractivity contribution < 1.29 is 9.18 Å². The maximum atomic E-state index is 13.9. The smallest absolute Gasteiger partial charge is 0.256 e. The highest BCUT2D eigenvalue weighted by Crippen LogP contribution is 2.24. The summed E-state index contributed by atoms with van der Waals surface area (Å²) in [7, 11) is 0. The molecule has 0 bridgehead atoms. The number of carbonyl (C=O) groups is 1. The Balaban J connectivity index is 2.27. The van der Waals surface area contributed by atoms with Gasteiger partial charge in [0, 0.05) is 6.20 Å². The van der Waals surface area contributed by atoms with E-state index in [4.69, 9.17) is 11.6 Å². The molecule has 1 amide bonds. The van der Waals surface area contributed by atoms with Gasteiger partial charge in [-0.05, 0) is 37.1 Å². The van der Waals surface area contributed by atoms with Crippen LogP contribution in [-0.2, 0) is 0 Å². The van der Waals surface area contributed by atoms with Gasteiger partial charge in [-0.1, -0.05) is 30.7 Å². The predicted octanol–water partition coefficient (Wildman–Crippen LogP) is 4.06. The van der Waals surface area contributed by atoms with Crippen LogP contribution < -0.4 is 5.32 Å². The molecule has 0 spiro atoms. The third-order valence-electron chi connectivity index (χ3n) is 3.27. The lowest BCUT2D eigenvalue weighted by Gasteiger charge is -2.17. The average Bonchev–Trinajstić information content (AvgIpc) is 2.50. The Morgan fingerprint density at radius 3 is 2.76 bits per heavy atom. The number of nitrogens with one attached hydrogen (secondary N) is 1. The largest absolute Gasteiger partial charge is 0.344 e. The molecule has 0 aliphatic carbocycles. The van der Waals surface area contributed by atoms with Gasteiger partial charge in [0.1, 0.15) is 5.82 Å². The van der Waals surface area contributed by atoms with E-state index >= 15 is 0 Å². The van der Waals surface area contributed by atoms with Gasteiger partial charge in [-0.2, -0.15) is 0 Å². The van der Waals surface area contributed by atoms with E-state index in [1.165, 1.54) is 6.07 Å². The first-order chi connectivity index (χ1) is 10.0. The maximum Gasteiger partial charge on any atom is 0.256 e. The van der Waals surface area contributed by atoms with Crippen LogP contribution in [0.1, 0.15) is 41.0 Å². The summed E-state index contributed by atoms with van der Waals surface area (Å²) in [4.78, 5) is 16.5. The Morgan fingerprint density at radius 1 is 1.38 bits per heavy atom. The fourth-order valence-electron chi connectivity index (χ4n) is 2.06. The Labute approximate surface area is 128 Å². The molecule has 1 heterocycles. The Kier molecular flexibility index (Phi) is 4.91. The number of carbonyl (C=O) groups excluding carboxylic acids is 1. The van der Waals surface area contributed by atoms with E-state index in [1.807, 2.05) is 19.1 Å². The standard InChI is InChI=1S/C16H16ClFN2O/c1-3-12(13-6-4-5-9-19-13)20-16(21)14-11(18)8-7-10(2)15(14)17/h4-9,12H,3H2,1-2H3,(H,20,21). The fraction of sp³-hybridized carbons (Fsp3) is 0.250. The Hall–Kier alpha value is -1.94. The predicted molar refractivity (Wildman–Crippen MR) is 80.9 cm³/mol. The van der Waals surface area contributed by atoms with Gasteiger partial charge in [-0.25, -0.2) is 4.39 Å². The summed E-state index contributed by atoms with van der Waals surface area (Å²) in [6, 6.07) is 7.98. The van der Waals surface area contributed by atoms with E-state index in [2.05, 4.69) is 10.3 Å². The van der Waals surface area contributed by atoms with Crippen molar-refractivity contribution in [2.24, 2.45) is 0 Å². The first kappa shape index (κ1) is 15.4. The molecular weight excluding hydrogens is 291 g/mol. The monoisotopic (exact) mass is 306 g/mol. The molecule has 1 aromatic carbocycles. The number of nitrogens with zero attached hydrogens (tertiary/aromatic N) is 1. The summed E-state index contributed by atoms with van der Waals surface area (Å²) in [5, 5.41) is 2.92. The molecule has 1 N–H and O–H groups in total. The number of benzene rings is 1. The lowest BCUT2D eigenvalue weighted by Crippen LogP contribution is -2.29. The molecule has 0 fully saturated rings. The summed E-state index contributed by atoms with van der Waals surface area (Å²) in [5.74, 6) is -1.15. The maximum absolute atomic E-state index is 13.9. The molecule has 1 atom stereocenters. The van der Waals surface area contributed by atoms with Crippen LogP contribution in [0.15, 0.2) is 36.5 Å². The first-order valence-corrected chi connectivity index (χ1v) is 7.08. The van der Waals surface area contributed by atoms with Gasteiger partial charge in [-0.15, -0.1) is 0 Å². The normalized spacial score (nSPS) is 12.0. The van der Waals surface area contributed by atoms with Gasteiger partial charge in [0.2, 0.25) is 0 Å². The van der Waals surface area contributed by atoms with Crippen LogP contribution in [0.25, 0.3) is 0 Å². The summed E-state index contributed by atoms with van der Waals surface area (Å²) in [6.45, 7) is 3.66. The van der Waals surface area contributed by atoms with E-state index in [0.717, 1.165) is 5.69 Å². The number of amides is 1. The number of hydrogen-bond donors (Lipinski definition) is 1. The lowest BCUT2D eigenvalue weighted by molar-refractivity contribution is 0.0930. The van der Waals surface area contributed by atoms with Gasteiger partial charge >= 0.3 is 0 Å². The number of rotatable bonds is 4. The number of hydrogen-bond acceptors (Lipinski definition) is 2. The second-order valence-corrected chi connectivity index (χ2v) is 5.12. The first-order valence-electron chi connectivity index (χ1n) is 6.71. The van der Waals surface area contributed by atoms with E-state index in [1.54, 1.807) is 25.3 Å². The van der Waals surface area contributed by atoms with Crippen LogP contribution in [0.3, 0.4) is 0 Å². The van der Waals surface area contributed by atoms with Crippen LogP contribution >= 0.6 is 11.6 Å². The Bertz CT molecular complexity index is 646. The molecule has 2 rings (SSSR count). The molecule has 0 saturated heterocycles. The number of halogens is 2. The molecule has 21 heavy (non-hydrogen) atoms. The van der Waals surface area contributed by atoms with Gasteiger partial charge in [0.05, 0.1) is 22.3 Å². The highest BCUT2D eigenvalue weighted by molar-refractivity contribution is 6.34. The van der Waals surface area contributed by atoms with Crippen molar-refractivity contribution in [1.82, 2.24) is 10.3 Å². The van der Waals surface area contributed by atoms with E-state index in [0.29, 0.717) is 12.0 Å². The quantitative estimate of drug-likeness (QED) is 0.925. The van der Waals surface area contributed by atoms with Crippen LogP contribution in [0.4, 0.5) is 4.39 Å². The topological polar surface area (TPSA) is 42.0 Å². The third kappa shape index (κ3) is 3.39. The molecule has 2 aromatic rings. The molecule has 0 aliphatic rings. The second-order valence-electron chi connectivity index (χ2n) is 4.74. The van der Waals surface area contributed by atoms with Gasteiger partial charge in [-0.3, -0.25) is 9.78 Å². The fourth-order valence-corrected chi connectivity index (χ4v) is 2.30. The summed E-state index contributed by atoms with van der Waals surface area (Å²) >= 11 is 6.05. The minimum Gasteiger partial charge on any atom is -0.344 e. The highest BCUT2D eigenvalue weighted by Gasteiger charge is 2.21. The third-order valence-corrected chi connectivity index (χ3v) is 3.76. The van der Waals surface area contributed by atoms with E-state index in [9.17, 15) is 9.18 Å². The van der Waals surface area contributed by atoms with Crippen molar-refractivity contribution in [3.8, 4) is 0 Å². The van der Waals surface area contributed by atoms with E-state index in [-0.39, 0.29) is 16.6 Å². The van der Waals surface area contributed by atoms with Crippen molar-refractivity contribution in [1.29, 1.82) is 0 Å². The van der Waals surface area contributed by atoms with Crippen LogP contribution in [0, 0.1) is 12.7 Å². The van der Waals surface area contributed by atoms with Crippen LogP contribution in [0.5, 0.6) is 0 Å². The average molecular weight is 307 g/mol. The lowest BCUT2D eigenvalue weighted by atomic mass is 10.1. The highest BCUT2D eigenvalue weighted by atomic mass is 35.5. The number of aromatic nitrogens is 1. The zero-order chi connectivity index (χ0) is 15.4. The molecule has 1 aromatic heterocycles. The van der Waals surface area contributed by atoms with Crippen LogP contribution in [-0.4, -0.2) is 10.9 Å². The molecular formula is C16H16ClFN2O. The van der Waals surface area contributed by atoms with Crippen molar-refractivity contribution in [2.75, 3.05) is 0 Å². The molecule has 0 radical (unpaired) electrons. The summed E-state index contributed by atoms with van der Waals surface area (Å²) in [5.41, 5.74) is 1.28. The molecule has 0 aliphatic heterocycles. The molecule has 110 valence electrons.